The lowest BCUT2D eigenvalue weighted by Crippen LogP contribution is -2.44. The maximum Gasteiger partial charge on any atom is 0.236 e. The van der Waals surface area contributed by atoms with Gasteiger partial charge in [-0.1, -0.05) is 6.92 Å². The van der Waals surface area contributed by atoms with Crippen LogP contribution in [0.15, 0.2) is 18.5 Å². The van der Waals surface area contributed by atoms with E-state index in [4.69, 9.17) is 10.4 Å². The summed E-state index contributed by atoms with van der Waals surface area (Å²) in [6.07, 6.45) is 4.22. The van der Waals surface area contributed by atoms with Crippen LogP contribution in [0.2, 0.25) is 0 Å². The largest absolute Gasteiger partial charge is 0.346 e. The maximum absolute atomic E-state index is 12.3. The summed E-state index contributed by atoms with van der Waals surface area (Å²) in [5.41, 5.74) is 1.62. The van der Waals surface area contributed by atoms with E-state index in [1.165, 1.54) is 6.92 Å². The zero-order valence-corrected chi connectivity index (χ0v) is 15.8. The van der Waals surface area contributed by atoms with Gasteiger partial charge in [-0.05, 0) is 18.4 Å². The minimum atomic E-state index is -0.205. The standard InChI is InChI=1S/C19H21N7O2/c1-11-5-8-25(16(28)3-6-20)10-15(11)26-17-13-4-7-21-18(13)22-9-14(17)19(24-26)23-12(2)27/h4,7,9,11,15H,3,5,8,10H2,1-2H3,(H,21,22)(H,23,24,27)/t11-,15+/m1/s1. The van der Waals surface area contributed by atoms with Crippen molar-refractivity contribution in [2.45, 2.75) is 32.7 Å². The monoisotopic (exact) mass is 379 g/mol. The van der Waals surface area contributed by atoms with Gasteiger partial charge in [0.15, 0.2) is 5.82 Å². The minimum absolute atomic E-state index is 0.0677. The number of aromatic nitrogens is 4. The smallest absolute Gasteiger partial charge is 0.236 e. The topological polar surface area (TPSA) is 120 Å². The number of nitrogens with one attached hydrogen (secondary N) is 2. The Hall–Kier alpha value is -3.41. The number of hydrogen-bond donors (Lipinski definition) is 2. The van der Waals surface area contributed by atoms with E-state index in [1.807, 2.05) is 23.0 Å². The molecule has 0 spiro atoms. The van der Waals surface area contributed by atoms with Gasteiger partial charge in [-0.3, -0.25) is 14.3 Å². The molecule has 1 aliphatic rings. The fraction of sp³-hybridized carbons (Fsp3) is 0.421. The molecule has 0 saturated carbocycles. The molecule has 0 bridgehead atoms. The second-order valence-corrected chi connectivity index (χ2v) is 7.24. The quantitative estimate of drug-likeness (QED) is 0.723. The first kappa shape index (κ1) is 18.0. The SMILES string of the molecule is CC(=O)Nc1nn([C@H]2CN(C(=O)CC#N)CC[C@H]2C)c2c1cnc1[nH]ccc12. The van der Waals surface area contributed by atoms with Crippen molar-refractivity contribution in [2.75, 3.05) is 18.4 Å². The number of aromatic amines is 1. The lowest BCUT2D eigenvalue weighted by atomic mass is 9.93. The van der Waals surface area contributed by atoms with E-state index in [0.717, 1.165) is 28.4 Å². The third kappa shape index (κ3) is 2.97. The molecule has 0 aliphatic carbocycles. The molecule has 0 unspecified atom stereocenters. The van der Waals surface area contributed by atoms with Crippen molar-refractivity contribution in [1.82, 2.24) is 24.6 Å². The number of nitrogens with zero attached hydrogens (tertiary/aromatic N) is 5. The van der Waals surface area contributed by atoms with E-state index < -0.39 is 0 Å². The summed E-state index contributed by atoms with van der Waals surface area (Å²) in [5.74, 6) is 0.377. The van der Waals surface area contributed by atoms with Crippen molar-refractivity contribution >= 4 is 39.6 Å². The van der Waals surface area contributed by atoms with Crippen LogP contribution in [0.1, 0.15) is 32.7 Å². The van der Waals surface area contributed by atoms with Gasteiger partial charge in [-0.25, -0.2) is 4.98 Å². The Morgan fingerprint density at radius 3 is 3.00 bits per heavy atom. The highest BCUT2D eigenvalue weighted by molar-refractivity contribution is 6.08. The summed E-state index contributed by atoms with van der Waals surface area (Å²) in [6.45, 7) is 4.69. The number of nitriles is 1. The predicted molar refractivity (Wildman–Crippen MR) is 103 cm³/mol. The van der Waals surface area contributed by atoms with Crippen LogP contribution in [0.4, 0.5) is 5.82 Å². The van der Waals surface area contributed by atoms with Crippen LogP contribution in [0.25, 0.3) is 21.9 Å². The predicted octanol–water partition coefficient (Wildman–Crippen LogP) is 2.19. The maximum atomic E-state index is 12.3. The number of H-pyrrole nitrogens is 1. The molecule has 0 aromatic carbocycles. The third-order valence-electron chi connectivity index (χ3n) is 5.36. The molecule has 4 rings (SSSR count). The number of hydrogen-bond acceptors (Lipinski definition) is 5. The number of rotatable bonds is 3. The van der Waals surface area contributed by atoms with Gasteiger partial charge in [0, 0.05) is 37.8 Å². The number of anilines is 1. The zero-order chi connectivity index (χ0) is 19.8. The molecule has 2 atom stereocenters. The molecule has 28 heavy (non-hydrogen) atoms. The molecular weight excluding hydrogens is 358 g/mol. The Bertz CT molecular complexity index is 1110. The number of amides is 2. The Morgan fingerprint density at radius 1 is 1.43 bits per heavy atom. The summed E-state index contributed by atoms with van der Waals surface area (Å²) in [5, 5.41) is 18.0. The average Bonchev–Trinajstić information content (AvgIpc) is 3.26. The van der Waals surface area contributed by atoms with Crippen LogP contribution in [-0.2, 0) is 9.59 Å². The van der Waals surface area contributed by atoms with Crippen molar-refractivity contribution in [3.8, 4) is 6.07 Å². The first-order valence-electron chi connectivity index (χ1n) is 9.26. The molecule has 0 radical (unpaired) electrons. The molecule has 9 nitrogen and oxygen atoms in total. The van der Waals surface area contributed by atoms with Gasteiger partial charge in [0.25, 0.3) is 0 Å². The van der Waals surface area contributed by atoms with Gasteiger partial charge in [-0.2, -0.15) is 10.4 Å². The first-order chi connectivity index (χ1) is 13.5. The second-order valence-electron chi connectivity index (χ2n) is 7.24. The highest BCUT2D eigenvalue weighted by Gasteiger charge is 2.32. The fourth-order valence-corrected chi connectivity index (χ4v) is 3.90. The van der Waals surface area contributed by atoms with Crippen molar-refractivity contribution in [3.63, 3.8) is 0 Å². The lowest BCUT2D eigenvalue weighted by Gasteiger charge is -2.37. The van der Waals surface area contributed by atoms with Crippen LogP contribution in [0, 0.1) is 17.2 Å². The summed E-state index contributed by atoms with van der Waals surface area (Å²) >= 11 is 0. The molecule has 144 valence electrons. The Morgan fingerprint density at radius 2 is 2.25 bits per heavy atom. The number of piperidine rings is 1. The molecular formula is C19H21N7O2. The first-order valence-corrected chi connectivity index (χ1v) is 9.26. The van der Waals surface area contributed by atoms with Crippen LogP contribution in [0.5, 0.6) is 0 Å². The Labute approximate surface area is 161 Å². The van der Waals surface area contributed by atoms with Gasteiger partial charge in [-0.15, -0.1) is 0 Å². The normalized spacial score (nSPS) is 19.7. The third-order valence-corrected chi connectivity index (χ3v) is 5.36. The molecule has 1 saturated heterocycles. The van der Waals surface area contributed by atoms with Crippen LogP contribution < -0.4 is 5.32 Å². The van der Waals surface area contributed by atoms with Crippen LogP contribution in [-0.4, -0.2) is 49.6 Å². The molecule has 9 heteroatoms. The fourth-order valence-electron chi connectivity index (χ4n) is 3.90. The summed E-state index contributed by atoms with van der Waals surface area (Å²) in [7, 11) is 0. The summed E-state index contributed by atoms with van der Waals surface area (Å²) < 4.78 is 1.91. The summed E-state index contributed by atoms with van der Waals surface area (Å²) in [4.78, 5) is 33.2. The van der Waals surface area contributed by atoms with Crippen molar-refractivity contribution in [1.29, 1.82) is 5.26 Å². The van der Waals surface area contributed by atoms with E-state index in [2.05, 4.69) is 22.2 Å². The zero-order valence-electron chi connectivity index (χ0n) is 15.8. The molecule has 2 N–H and O–H groups in total. The van der Waals surface area contributed by atoms with Gasteiger partial charge in [0.2, 0.25) is 11.8 Å². The second kappa shape index (κ2) is 6.96. The van der Waals surface area contributed by atoms with E-state index >= 15 is 0 Å². The summed E-state index contributed by atoms with van der Waals surface area (Å²) in [6, 6.07) is 3.80. The lowest BCUT2D eigenvalue weighted by molar-refractivity contribution is -0.132. The minimum Gasteiger partial charge on any atom is -0.346 e. The van der Waals surface area contributed by atoms with E-state index in [1.54, 1.807) is 11.1 Å². The van der Waals surface area contributed by atoms with Crippen LogP contribution >= 0.6 is 0 Å². The van der Waals surface area contributed by atoms with Gasteiger partial charge < -0.3 is 15.2 Å². The van der Waals surface area contributed by atoms with Crippen LogP contribution in [0.3, 0.4) is 0 Å². The van der Waals surface area contributed by atoms with Crippen molar-refractivity contribution in [2.24, 2.45) is 5.92 Å². The average molecular weight is 379 g/mol. The van der Waals surface area contributed by atoms with Crippen molar-refractivity contribution in [3.05, 3.63) is 18.5 Å². The molecule has 1 fully saturated rings. The van der Waals surface area contributed by atoms with Gasteiger partial charge in [0.05, 0.1) is 23.0 Å². The molecule has 3 aromatic rings. The van der Waals surface area contributed by atoms with Crippen molar-refractivity contribution < 1.29 is 9.59 Å². The van der Waals surface area contributed by atoms with E-state index in [-0.39, 0.29) is 30.2 Å². The molecule has 1 aliphatic heterocycles. The number of likely N-dealkylation sites (tertiary alicyclic amines) is 1. The Balaban J connectivity index is 1.84. The number of pyridine rings is 1. The highest BCUT2D eigenvalue weighted by atomic mass is 16.2. The van der Waals surface area contributed by atoms with E-state index in [0.29, 0.717) is 18.9 Å². The number of carbonyl (C=O) groups is 2. The Kier molecular flexibility index (Phi) is 4.47. The molecule has 3 aromatic heterocycles. The molecule has 4 heterocycles. The van der Waals surface area contributed by atoms with Gasteiger partial charge >= 0.3 is 0 Å². The number of carbonyl (C=O) groups excluding carboxylic acids is 2. The highest BCUT2D eigenvalue weighted by Crippen LogP contribution is 2.35. The molecule has 2 amide bonds. The number of fused-ring (bicyclic) bond motifs is 3. The van der Waals surface area contributed by atoms with Gasteiger partial charge in [0.1, 0.15) is 12.1 Å². The van der Waals surface area contributed by atoms with E-state index in [9.17, 15) is 9.59 Å².